The van der Waals surface area contributed by atoms with Gasteiger partial charge >= 0.3 is 0 Å². The minimum atomic E-state index is -3.47. The minimum Gasteiger partial charge on any atom is -0.329 e. The first kappa shape index (κ1) is 13.5. The summed E-state index contributed by atoms with van der Waals surface area (Å²) in [6, 6.07) is 0. The van der Waals surface area contributed by atoms with Crippen LogP contribution in [0, 0.1) is 0 Å². The molecule has 3 N–H and O–H groups in total. The van der Waals surface area contributed by atoms with E-state index in [0.29, 0.717) is 13.1 Å². The zero-order chi connectivity index (χ0) is 13.2. The van der Waals surface area contributed by atoms with Gasteiger partial charge < -0.3 is 5.73 Å². The summed E-state index contributed by atoms with van der Waals surface area (Å²) in [6.07, 6.45) is 6.83. The van der Waals surface area contributed by atoms with E-state index in [1.165, 1.54) is 12.4 Å². The zero-order valence-corrected chi connectivity index (χ0v) is 11.4. The maximum absolute atomic E-state index is 12.2. The average molecular weight is 272 g/mol. The van der Waals surface area contributed by atoms with Gasteiger partial charge in [-0.15, -0.1) is 0 Å². The van der Waals surface area contributed by atoms with Crippen LogP contribution in [0.5, 0.6) is 0 Å². The lowest BCUT2D eigenvalue weighted by molar-refractivity contribution is 0.427. The first-order valence-electron chi connectivity index (χ1n) is 6.22. The molecule has 0 saturated heterocycles. The van der Waals surface area contributed by atoms with E-state index in [2.05, 4.69) is 9.82 Å². The number of aromatic nitrogens is 2. The second-order valence-electron chi connectivity index (χ2n) is 5.10. The maximum Gasteiger partial charge on any atom is 0.244 e. The summed E-state index contributed by atoms with van der Waals surface area (Å²) in [5.41, 5.74) is 5.10. The molecule has 0 bridgehead atoms. The number of sulfonamides is 1. The average Bonchev–Trinajstić information content (AvgIpc) is 2.87. The van der Waals surface area contributed by atoms with Crippen molar-refractivity contribution in [2.24, 2.45) is 5.73 Å². The van der Waals surface area contributed by atoms with E-state index in [9.17, 15) is 8.42 Å². The predicted molar refractivity (Wildman–Crippen MR) is 68.5 cm³/mol. The van der Waals surface area contributed by atoms with E-state index in [-0.39, 0.29) is 10.4 Å². The highest BCUT2D eigenvalue weighted by atomic mass is 32.2. The lowest BCUT2D eigenvalue weighted by atomic mass is 10.0. The SMILES string of the molecule is CC1(NS(=O)(=O)c2cnn(CCN)c2)CCCC1. The Bertz CT molecular complexity index is 503. The summed E-state index contributed by atoms with van der Waals surface area (Å²) < 4.78 is 28.8. The van der Waals surface area contributed by atoms with Crippen LogP contribution in [0.15, 0.2) is 17.3 Å². The van der Waals surface area contributed by atoms with Crippen molar-refractivity contribution in [3.05, 3.63) is 12.4 Å². The van der Waals surface area contributed by atoms with Crippen LogP contribution in [0.3, 0.4) is 0 Å². The molecule has 18 heavy (non-hydrogen) atoms. The molecule has 0 aromatic carbocycles. The number of nitrogens with zero attached hydrogens (tertiary/aromatic N) is 2. The molecular weight excluding hydrogens is 252 g/mol. The van der Waals surface area contributed by atoms with Gasteiger partial charge in [-0.3, -0.25) is 4.68 Å². The van der Waals surface area contributed by atoms with Gasteiger partial charge in [-0.1, -0.05) is 12.8 Å². The largest absolute Gasteiger partial charge is 0.329 e. The Kier molecular flexibility index (Phi) is 3.74. The molecule has 7 heteroatoms. The monoisotopic (exact) mass is 272 g/mol. The molecule has 0 unspecified atom stereocenters. The topological polar surface area (TPSA) is 90.0 Å². The standard InChI is InChI=1S/C11H20N4O2S/c1-11(4-2-3-5-11)14-18(16,17)10-8-13-15(9-10)7-6-12/h8-9,14H,2-7,12H2,1H3. The highest BCUT2D eigenvalue weighted by Gasteiger charge is 2.33. The number of rotatable bonds is 5. The van der Waals surface area contributed by atoms with Gasteiger partial charge in [0.2, 0.25) is 10.0 Å². The first-order chi connectivity index (χ1) is 8.45. The first-order valence-corrected chi connectivity index (χ1v) is 7.70. The summed E-state index contributed by atoms with van der Waals surface area (Å²) in [7, 11) is -3.47. The Labute approximate surface area is 108 Å². The smallest absolute Gasteiger partial charge is 0.244 e. The van der Waals surface area contributed by atoms with Crippen molar-refractivity contribution in [3.8, 4) is 0 Å². The molecule has 0 spiro atoms. The number of hydrogen-bond donors (Lipinski definition) is 2. The van der Waals surface area contributed by atoms with Gasteiger partial charge in [-0.2, -0.15) is 5.10 Å². The quantitative estimate of drug-likeness (QED) is 0.814. The second-order valence-corrected chi connectivity index (χ2v) is 6.78. The third kappa shape index (κ3) is 2.90. The van der Waals surface area contributed by atoms with Crippen molar-refractivity contribution in [1.29, 1.82) is 0 Å². The second kappa shape index (κ2) is 4.99. The fraction of sp³-hybridized carbons (Fsp3) is 0.727. The number of hydrogen-bond acceptors (Lipinski definition) is 4. The summed E-state index contributed by atoms with van der Waals surface area (Å²) in [4.78, 5) is 0.212. The van der Waals surface area contributed by atoms with Crippen LogP contribution in [-0.4, -0.2) is 30.3 Å². The molecule has 0 amide bonds. The third-order valence-electron chi connectivity index (χ3n) is 3.37. The van der Waals surface area contributed by atoms with Crippen LogP contribution < -0.4 is 10.5 Å². The third-order valence-corrected chi connectivity index (χ3v) is 4.96. The summed E-state index contributed by atoms with van der Waals surface area (Å²) in [6.45, 7) is 2.92. The fourth-order valence-corrected chi connectivity index (χ4v) is 3.80. The summed E-state index contributed by atoms with van der Waals surface area (Å²) in [5, 5.41) is 3.99. The molecule has 1 aromatic heterocycles. The Hall–Kier alpha value is -0.920. The van der Waals surface area contributed by atoms with E-state index in [1.807, 2.05) is 6.92 Å². The Balaban J connectivity index is 2.14. The van der Waals surface area contributed by atoms with Crippen molar-refractivity contribution in [1.82, 2.24) is 14.5 Å². The minimum absolute atomic E-state index is 0.212. The lowest BCUT2D eigenvalue weighted by Gasteiger charge is -2.24. The molecule has 0 atom stereocenters. The van der Waals surface area contributed by atoms with Gasteiger partial charge in [0.1, 0.15) is 4.90 Å². The molecular formula is C11H20N4O2S. The normalized spacial score (nSPS) is 19.2. The molecule has 102 valence electrons. The van der Waals surface area contributed by atoms with Crippen molar-refractivity contribution < 1.29 is 8.42 Å². The predicted octanol–water partition coefficient (Wildman–Crippen LogP) is 0.453. The molecule has 1 aliphatic carbocycles. The van der Waals surface area contributed by atoms with E-state index in [4.69, 9.17) is 5.73 Å². The van der Waals surface area contributed by atoms with Gasteiger partial charge in [-0.25, -0.2) is 13.1 Å². The molecule has 6 nitrogen and oxygen atoms in total. The van der Waals surface area contributed by atoms with Crippen molar-refractivity contribution in [2.75, 3.05) is 6.54 Å². The highest BCUT2D eigenvalue weighted by Crippen LogP contribution is 2.30. The van der Waals surface area contributed by atoms with Gasteiger partial charge in [-0.05, 0) is 19.8 Å². The Morgan fingerprint density at radius 3 is 2.78 bits per heavy atom. The molecule has 1 saturated carbocycles. The van der Waals surface area contributed by atoms with Gasteiger partial charge in [0, 0.05) is 18.3 Å². The number of nitrogens with one attached hydrogen (secondary N) is 1. The van der Waals surface area contributed by atoms with Crippen molar-refractivity contribution in [2.45, 2.75) is 49.6 Å². The van der Waals surface area contributed by atoms with Gasteiger partial charge in [0.15, 0.2) is 0 Å². The van der Waals surface area contributed by atoms with Gasteiger partial charge in [0.05, 0.1) is 12.7 Å². The zero-order valence-electron chi connectivity index (χ0n) is 10.6. The van der Waals surface area contributed by atoms with E-state index in [0.717, 1.165) is 25.7 Å². The summed E-state index contributed by atoms with van der Waals surface area (Å²) in [5.74, 6) is 0. The molecule has 0 radical (unpaired) electrons. The van der Waals surface area contributed by atoms with Crippen LogP contribution in [0.4, 0.5) is 0 Å². The summed E-state index contributed by atoms with van der Waals surface area (Å²) >= 11 is 0. The van der Waals surface area contributed by atoms with Crippen LogP contribution >= 0.6 is 0 Å². The molecule has 1 fully saturated rings. The van der Waals surface area contributed by atoms with E-state index in [1.54, 1.807) is 4.68 Å². The fourth-order valence-electron chi connectivity index (χ4n) is 2.38. The number of nitrogens with two attached hydrogens (primary N) is 1. The molecule has 0 aliphatic heterocycles. The molecule has 1 aliphatic rings. The van der Waals surface area contributed by atoms with Crippen LogP contribution in [0.2, 0.25) is 0 Å². The molecule has 1 heterocycles. The maximum atomic E-state index is 12.2. The van der Waals surface area contributed by atoms with Crippen LogP contribution in [-0.2, 0) is 16.6 Å². The Morgan fingerprint density at radius 1 is 1.50 bits per heavy atom. The van der Waals surface area contributed by atoms with Crippen molar-refractivity contribution >= 4 is 10.0 Å². The van der Waals surface area contributed by atoms with Crippen LogP contribution in [0.25, 0.3) is 0 Å². The molecule has 1 aromatic rings. The van der Waals surface area contributed by atoms with Crippen LogP contribution in [0.1, 0.15) is 32.6 Å². The Morgan fingerprint density at radius 2 is 2.17 bits per heavy atom. The van der Waals surface area contributed by atoms with Crippen molar-refractivity contribution in [3.63, 3.8) is 0 Å². The lowest BCUT2D eigenvalue weighted by Crippen LogP contribution is -2.43. The van der Waals surface area contributed by atoms with Gasteiger partial charge in [0.25, 0.3) is 0 Å². The molecule has 2 rings (SSSR count). The van der Waals surface area contributed by atoms with E-state index >= 15 is 0 Å². The highest BCUT2D eigenvalue weighted by molar-refractivity contribution is 7.89. The van der Waals surface area contributed by atoms with E-state index < -0.39 is 10.0 Å².